The summed E-state index contributed by atoms with van der Waals surface area (Å²) < 4.78 is 27.8. The van der Waals surface area contributed by atoms with Gasteiger partial charge in [0.2, 0.25) is 0 Å². The molecule has 0 saturated carbocycles. The first-order valence-corrected chi connectivity index (χ1v) is 10.7. The zero-order chi connectivity index (χ0) is 19.6. The topological polar surface area (TPSA) is 54.3 Å². The van der Waals surface area contributed by atoms with Crippen molar-refractivity contribution in [3.63, 3.8) is 0 Å². The maximum absolute atomic E-state index is 13.2. The lowest BCUT2D eigenvalue weighted by atomic mass is 10.1. The molecule has 2 aromatic carbocycles. The molecule has 0 unspecified atom stereocenters. The molecule has 1 N–H and O–H groups in total. The van der Waals surface area contributed by atoms with Crippen LogP contribution < -0.4 is 5.32 Å². The van der Waals surface area contributed by atoms with Gasteiger partial charge in [-0.1, -0.05) is 24.6 Å². The van der Waals surface area contributed by atoms with E-state index < -0.39 is 10.0 Å². The number of hydrogen-bond donors (Lipinski definition) is 1. The summed E-state index contributed by atoms with van der Waals surface area (Å²) in [6.45, 7) is 3.67. The van der Waals surface area contributed by atoms with Gasteiger partial charge in [0.1, 0.15) is 0 Å². The van der Waals surface area contributed by atoms with Crippen molar-refractivity contribution in [3.8, 4) is 0 Å². The van der Waals surface area contributed by atoms with Crippen LogP contribution in [0.3, 0.4) is 0 Å². The van der Waals surface area contributed by atoms with Crippen LogP contribution in [0.1, 0.15) is 12.5 Å². The third-order valence-electron chi connectivity index (χ3n) is 4.51. The van der Waals surface area contributed by atoms with E-state index >= 15 is 0 Å². The van der Waals surface area contributed by atoms with E-state index in [2.05, 4.69) is 17.1 Å². The average Bonchev–Trinajstić information content (AvgIpc) is 3.05. The van der Waals surface area contributed by atoms with Gasteiger partial charge in [-0.05, 0) is 62.5 Å². The molecule has 27 heavy (non-hydrogen) atoms. The molecule has 0 spiro atoms. The number of likely N-dealkylation sites (N-methyl/N-ethyl adjacent to an activating group) is 1. The molecule has 0 amide bonds. The van der Waals surface area contributed by atoms with E-state index in [1.807, 2.05) is 20.2 Å². The van der Waals surface area contributed by atoms with Crippen molar-refractivity contribution in [2.45, 2.75) is 18.2 Å². The van der Waals surface area contributed by atoms with Crippen LogP contribution in [-0.2, 0) is 16.4 Å². The van der Waals surface area contributed by atoms with E-state index in [4.69, 9.17) is 11.6 Å². The number of rotatable bonds is 7. The van der Waals surface area contributed by atoms with Crippen molar-refractivity contribution in [3.05, 3.63) is 59.2 Å². The minimum absolute atomic E-state index is 0.263. The summed E-state index contributed by atoms with van der Waals surface area (Å²) in [4.78, 5) is 2.34. The third-order valence-corrected chi connectivity index (χ3v) is 6.43. The number of benzene rings is 2. The zero-order valence-corrected chi connectivity index (χ0v) is 17.3. The van der Waals surface area contributed by atoms with Gasteiger partial charge in [-0.3, -0.25) is 0 Å². The van der Waals surface area contributed by atoms with Crippen molar-refractivity contribution in [1.29, 1.82) is 0 Å². The predicted molar refractivity (Wildman–Crippen MR) is 112 cm³/mol. The molecule has 144 valence electrons. The van der Waals surface area contributed by atoms with E-state index in [1.54, 1.807) is 42.6 Å². The van der Waals surface area contributed by atoms with Gasteiger partial charge in [-0.25, -0.2) is 12.4 Å². The highest BCUT2D eigenvalue weighted by molar-refractivity contribution is 7.90. The standard InChI is InChI=1S/C20H24ClN3O2S/c1-4-15-5-7-18(14-19(15)22-10-12-23(2)3)27(25,26)24-11-9-16-13-17(21)6-8-20(16)24/h5-9,11,13-14,22H,4,10,12H2,1-3H3. The molecule has 0 aliphatic heterocycles. The lowest BCUT2D eigenvalue weighted by Crippen LogP contribution is -2.21. The number of halogens is 1. The summed E-state index contributed by atoms with van der Waals surface area (Å²) in [6, 6.07) is 12.2. The van der Waals surface area contributed by atoms with Crippen LogP contribution in [0.2, 0.25) is 5.02 Å². The van der Waals surface area contributed by atoms with Crippen LogP contribution in [0, 0.1) is 0 Å². The van der Waals surface area contributed by atoms with E-state index in [-0.39, 0.29) is 4.90 Å². The first kappa shape index (κ1) is 19.7. The monoisotopic (exact) mass is 405 g/mol. The van der Waals surface area contributed by atoms with Crippen LogP contribution in [0.25, 0.3) is 10.9 Å². The summed E-state index contributed by atoms with van der Waals surface area (Å²) in [5.41, 5.74) is 2.57. The number of anilines is 1. The summed E-state index contributed by atoms with van der Waals surface area (Å²) in [5, 5.41) is 4.74. The van der Waals surface area contributed by atoms with Gasteiger partial charge in [-0.2, -0.15) is 0 Å². The van der Waals surface area contributed by atoms with Gasteiger partial charge in [0.05, 0.1) is 10.4 Å². The fourth-order valence-electron chi connectivity index (χ4n) is 3.01. The Morgan fingerprint density at radius 2 is 1.89 bits per heavy atom. The van der Waals surface area contributed by atoms with Crippen molar-refractivity contribution < 1.29 is 8.42 Å². The SMILES string of the molecule is CCc1ccc(S(=O)(=O)n2ccc3cc(Cl)ccc32)cc1NCCN(C)C. The Balaban J connectivity index is 2.00. The highest BCUT2D eigenvalue weighted by Gasteiger charge is 2.20. The Bertz CT molecular complexity index is 1060. The zero-order valence-electron chi connectivity index (χ0n) is 15.7. The van der Waals surface area contributed by atoms with Gasteiger partial charge in [0.15, 0.2) is 0 Å². The number of nitrogens with one attached hydrogen (secondary N) is 1. The number of aromatic nitrogens is 1. The highest BCUT2D eigenvalue weighted by Crippen LogP contribution is 2.27. The Morgan fingerprint density at radius 3 is 2.59 bits per heavy atom. The maximum atomic E-state index is 13.2. The molecule has 0 bridgehead atoms. The molecule has 3 aromatic rings. The number of nitrogens with zero attached hydrogens (tertiary/aromatic N) is 2. The minimum Gasteiger partial charge on any atom is -0.384 e. The van der Waals surface area contributed by atoms with E-state index in [0.717, 1.165) is 36.1 Å². The summed E-state index contributed by atoms with van der Waals surface area (Å²) in [7, 11) is 0.313. The smallest absolute Gasteiger partial charge is 0.268 e. The molecule has 5 nitrogen and oxygen atoms in total. The molecule has 0 aliphatic carbocycles. The number of hydrogen-bond acceptors (Lipinski definition) is 4. The summed E-state index contributed by atoms with van der Waals surface area (Å²) in [5.74, 6) is 0. The van der Waals surface area contributed by atoms with Crippen molar-refractivity contribution in [2.24, 2.45) is 0 Å². The Labute approximate surface area is 165 Å². The maximum Gasteiger partial charge on any atom is 0.268 e. The molecule has 3 rings (SSSR count). The first-order valence-electron chi connectivity index (χ1n) is 8.86. The summed E-state index contributed by atoms with van der Waals surface area (Å²) in [6.07, 6.45) is 2.40. The van der Waals surface area contributed by atoms with E-state index in [1.165, 1.54) is 3.97 Å². The lowest BCUT2D eigenvalue weighted by molar-refractivity contribution is 0.425. The fraction of sp³-hybridized carbons (Fsp3) is 0.300. The fourth-order valence-corrected chi connectivity index (χ4v) is 4.57. The first-order chi connectivity index (χ1) is 12.8. The average molecular weight is 406 g/mol. The van der Waals surface area contributed by atoms with Crippen molar-refractivity contribution in [2.75, 3.05) is 32.5 Å². The molecular formula is C20H24ClN3O2S. The van der Waals surface area contributed by atoms with Gasteiger partial charge >= 0.3 is 0 Å². The third kappa shape index (κ3) is 4.13. The van der Waals surface area contributed by atoms with E-state index in [9.17, 15) is 8.42 Å². The van der Waals surface area contributed by atoms with Crippen LogP contribution >= 0.6 is 11.6 Å². The molecule has 0 aliphatic rings. The van der Waals surface area contributed by atoms with Gasteiger partial charge < -0.3 is 10.2 Å². The van der Waals surface area contributed by atoms with Crippen molar-refractivity contribution in [1.82, 2.24) is 8.87 Å². The number of fused-ring (bicyclic) bond motifs is 1. The van der Waals surface area contributed by atoms with Gasteiger partial charge in [-0.15, -0.1) is 0 Å². The van der Waals surface area contributed by atoms with Crippen LogP contribution in [-0.4, -0.2) is 44.5 Å². The summed E-state index contributed by atoms with van der Waals surface area (Å²) >= 11 is 6.01. The van der Waals surface area contributed by atoms with Crippen LogP contribution in [0.5, 0.6) is 0 Å². The Kier molecular flexibility index (Phi) is 5.79. The molecule has 1 heterocycles. The predicted octanol–water partition coefficient (Wildman–Crippen LogP) is 4.07. The molecule has 0 atom stereocenters. The van der Waals surface area contributed by atoms with Crippen molar-refractivity contribution >= 4 is 38.2 Å². The molecular weight excluding hydrogens is 382 g/mol. The van der Waals surface area contributed by atoms with Crippen LogP contribution in [0.15, 0.2) is 53.6 Å². The minimum atomic E-state index is -3.70. The Morgan fingerprint density at radius 1 is 1.11 bits per heavy atom. The normalized spacial score (nSPS) is 12.0. The molecule has 0 fully saturated rings. The molecule has 1 aromatic heterocycles. The van der Waals surface area contributed by atoms with E-state index in [0.29, 0.717) is 10.5 Å². The molecule has 0 radical (unpaired) electrons. The lowest BCUT2D eigenvalue weighted by Gasteiger charge is -2.16. The highest BCUT2D eigenvalue weighted by atomic mass is 35.5. The second kappa shape index (κ2) is 7.92. The van der Waals surface area contributed by atoms with Gasteiger partial charge in [0, 0.05) is 35.4 Å². The Hall–Kier alpha value is -2.02. The van der Waals surface area contributed by atoms with Crippen LogP contribution in [0.4, 0.5) is 5.69 Å². The quantitative estimate of drug-likeness (QED) is 0.643. The molecule has 0 saturated heterocycles. The number of aryl methyl sites for hydroxylation is 1. The van der Waals surface area contributed by atoms with Gasteiger partial charge in [0.25, 0.3) is 10.0 Å². The largest absolute Gasteiger partial charge is 0.384 e. The second-order valence-corrected chi connectivity index (χ2v) is 8.97. The molecule has 7 heteroatoms. The second-order valence-electron chi connectivity index (χ2n) is 6.72.